The Morgan fingerprint density at radius 3 is 2.26 bits per heavy atom. The van der Waals surface area contributed by atoms with E-state index in [4.69, 9.17) is 9.47 Å². The molecule has 1 aromatic carbocycles. The maximum Gasteiger partial charge on any atom is 0.192 e. The van der Waals surface area contributed by atoms with Crippen LogP contribution in [0, 0.1) is 17.2 Å². The first-order chi connectivity index (χ1) is 8.74. The lowest BCUT2D eigenvalue weighted by Gasteiger charge is -2.49. The van der Waals surface area contributed by atoms with Crippen molar-refractivity contribution in [2.45, 2.75) is 46.5 Å². The first kappa shape index (κ1) is 14.5. The van der Waals surface area contributed by atoms with E-state index in [9.17, 15) is 4.39 Å². The topological polar surface area (TPSA) is 18.5 Å². The van der Waals surface area contributed by atoms with E-state index in [0.29, 0.717) is 12.5 Å². The first-order valence-corrected chi connectivity index (χ1v) is 6.82. The SMILES string of the molecule is CC(C)C1OC(C)(c2ccc(F)cc2)OCC1(C)C. The average Bonchev–Trinajstić information content (AvgIpc) is 2.33. The number of ether oxygens (including phenoxy) is 2. The molecule has 0 aliphatic carbocycles. The highest BCUT2D eigenvalue weighted by molar-refractivity contribution is 5.21. The van der Waals surface area contributed by atoms with Crippen LogP contribution in [-0.2, 0) is 15.3 Å². The van der Waals surface area contributed by atoms with Gasteiger partial charge >= 0.3 is 0 Å². The van der Waals surface area contributed by atoms with E-state index in [1.807, 2.05) is 6.92 Å². The van der Waals surface area contributed by atoms with Crippen molar-refractivity contribution < 1.29 is 13.9 Å². The van der Waals surface area contributed by atoms with Gasteiger partial charge in [-0.05, 0) is 25.0 Å². The molecule has 0 N–H and O–H groups in total. The number of rotatable bonds is 2. The molecule has 1 aromatic rings. The minimum Gasteiger partial charge on any atom is -0.345 e. The van der Waals surface area contributed by atoms with Crippen LogP contribution in [0.5, 0.6) is 0 Å². The maximum absolute atomic E-state index is 13.0. The van der Waals surface area contributed by atoms with E-state index < -0.39 is 5.79 Å². The van der Waals surface area contributed by atoms with Gasteiger partial charge in [0, 0.05) is 11.0 Å². The van der Waals surface area contributed by atoms with Crippen molar-refractivity contribution in [1.29, 1.82) is 0 Å². The third kappa shape index (κ3) is 2.82. The molecule has 0 aromatic heterocycles. The molecule has 1 aliphatic heterocycles. The highest BCUT2D eigenvalue weighted by atomic mass is 19.1. The van der Waals surface area contributed by atoms with E-state index >= 15 is 0 Å². The van der Waals surface area contributed by atoms with Crippen molar-refractivity contribution in [1.82, 2.24) is 0 Å². The van der Waals surface area contributed by atoms with E-state index in [1.54, 1.807) is 12.1 Å². The molecule has 0 radical (unpaired) electrons. The Balaban J connectivity index is 2.28. The van der Waals surface area contributed by atoms with Crippen molar-refractivity contribution in [3.8, 4) is 0 Å². The standard InChI is InChI=1S/C16H23FO2/c1-11(2)14-15(3,4)10-18-16(5,19-14)12-6-8-13(17)9-7-12/h6-9,11,14H,10H2,1-5H3. The van der Waals surface area contributed by atoms with Gasteiger partial charge in [0.25, 0.3) is 0 Å². The van der Waals surface area contributed by atoms with Crippen molar-refractivity contribution in [2.75, 3.05) is 6.61 Å². The molecule has 1 heterocycles. The monoisotopic (exact) mass is 266 g/mol. The second-order valence-electron chi connectivity index (χ2n) is 6.51. The smallest absolute Gasteiger partial charge is 0.192 e. The van der Waals surface area contributed by atoms with Crippen LogP contribution in [-0.4, -0.2) is 12.7 Å². The summed E-state index contributed by atoms with van der Waals surface area (Å²) < 4.78 is 25.2. The predicted octanol–water partition coefficient (Wildman–Crippen LogP) is 4.10. The van der Waals surface area contributed by atoms with Gasteiger partial charge < -0.3 is 9.47 Å². The van der Waals surface area contributed by atoms with Gasteiger partial charge in [-0.15, -0.1) is 0 Å². The Hall–Kier alpha value is -0.930. The molecule has 0 bridgehead atoms. The predicted molar refractivity (Wildman–Crippen MR) is 73.2 cm³/mol. The zero-order chi connectivity index (χ0) is 14.3. The Bertz CT molecular complexity index is 439. The fourth-order valence-electron chi connectivity index (χ4n) is 2.78. The molecule has 0 spiro atoms. The van der Waals surface area contributed by atoms with Gasteiger partial charge in [0.1, 0.15) is 5.82 Å². The fraction of sp³-hybridized carbons (Fsp3) is 0.625. The quantitative estimate of drug-likeness (QED) is 0.802. The van der Waals surface area contributed by atoms with Crippen LogP contribution in [0.2, 0.25) is 0 Å². The van der Waals surface area contributed by atoms with Gasteiger partial charge in [-0.3, -0.25) is 0 Å². The second-order valence-corrected chi connectivity index (χ2v) is 6.51. The van der Waals surface area contributed by atoms with Gasteiger partial charge in [0.15, 0.2) is 5.79 Å². The summed E-state index contributed by atoms with van der Waals surface area (Å²) in [4.78, 5) is 0. The molecule has 3 heteroatoms. The molecular formula is C16H23FO2. The van der Waals surface area contributed by atoms with Crippen LogP contribution in [0.25, 0.3) is 0 Å². The highest BCUT2D eigenvalue weighted by Gasteiger charge is 2.46. The molecule has 1 fully saturated rings. The van der Waals surface area contributed by atoms with Crippen molar-refractivity contribution in [3.05, 3.63) is 35.6 Å². The third-order valence-corrected chi connectivity index (χ3v) is 3.82. The van der Waals surface area contributed by atoms with Crippen LogP contribution >= 0.6 is 0 Å². The molecule has 0 amide bonds. The number of hydrogen-bond donors (Lipinski definition) is 0. The van der Waals surface area contributed by atoms with Crippen LogP contribution in [0.15, 0.2) is 24.3 Å². The average molecular weight is 266 g/mol. The molecular weight excluding hydrogens is 243 g/mol. The van der Waals surface area contributed by atoms with Gasteiger partial charge in [-0.2, -0.15) is 0 Å². The number of benzene rings is 1. The Labute approximate surface area is 114 Å². The van der Waals surface area contributed by atoms with Gasteiger partial charge in [-0.25, -0.2) is 4.39 Å². The summed E-state index contributed by atoms with van der Waals surface area (Å²) in [6.45, 7) is 11.2. The lowest BCUT2D eigenvalue weighted by molar-refractivity contribution is -0.337. The van der Waals surface area contributed by atoms with Gasteiger partial charge in [-0.1, -0.05) is 39.8 Å². The van der Waals surface area contributed by atoms with Crippen LogP contribution < -0.4 is 0 Å². The van der Waals surface area contributed by atoms with E-state index in [1.165, 1.54) is 12.1 Å². The molecule has 1 aliphatic rings. The Kier molecular flexibility index (Phi) is 3.72. The molecule has 2 atom stereocenters. The lowest BCUT2D eigenvalue weighted by Crippen LogP contribution is -2.52. The number of hydrogen-bond acceptors (Lipinski definition) is 2. The normalized spacial score (nSPS) is 30.6. The fourth-order valence-corrected chi connectivity index (χ4v) is 2.78. The van der Waals surface area contributed by atoms with Crippen LogP contribution in [0.4, 0.5) is 4.39 Å². The zero-order valence-electron chi connectivity index (χ0n) is 12.4. The molecule has 19 heavy (non-hydrogen) atoms. The summed E-state index contributed by atoms with van der Waals surface area (Å²) in [5.74, 6) is -0.638. The molecule has 1 saturated heterocycles. The molecule has 106 valence electrons. The first-order valence-electron chi connectivity index (χ1n) is 6.82. The summed E-state index contributed by atoms with van der Waals surface area (Å²) in [5, 5.41) is 0. The summed E-state index contributed by atoms with van der Waals surface area (Å²) in [6.07, 6.45) is 0.108. The van der Waals surface area contributed by atoms with E-state index in [2.05, 4.69) is 27.7 Å². The summed E-state index contributed by atoms with van der Waals surface area (Å²) in [5.41, 5.74) is 0.836. The largest absolute Gasteiger partial charge is 0.345 e. The van der Waals surface area contributed by atoms with Gasteiger partial charge in [0.05, 0.1) is 12.7 Å². The minimum absolute atomic E-state index is 0.0201. The van der Waals surface area contributed by atoms with Gasteiger partial charge in [0.2, 0.25) is 0 Å². The summed E-state index contributed by atoms with van der Waals surface area (Å²) >= 11 is 0. The van der Waals surface area contributed by atoms with Crippen molar-refractivity contribution in [3.63, 3.8) is 0 Å². The second kappa shape index (κ2) is 4.88. The van der Waals surface area contributed by atoms with Crippen LogP contribution in [0.1, 0.15) is 40.2 Å². The summed E-state index contributed by atoms with van der Waals surface area (Å²) in [7, 11) is 0. The zero-order valence-corrected chi connectivity index (χ0v) is 12.4. The number of halogens is 1. The van der Waals surface area contributed by atoms with Crippen molar-refractivity contribution >= 4 is 0 Å². The maximum atomic E-state index is 13.0. The molecule has 2 rings (SSSR count). The van der Waals surface area contributed by atoms with Crippen molar-refractivity contribution in [2.24, 2.45) is 11.3 Å². The summed E-state index contributed by atoms with van der Waals surface area (Å²) in [6, 6.07) is 6.34. The highest BCUT2D eigenvalue weighted by Crippen LogP contribution is 2.42. The Morgan fingerprint density at radius 1 is 1.16 bits per heavy atom. The van der Waals surface area contributed by atoms with E-state index in [-0.39, 0.29) is 17.3 Å². The minimum atomic E-state index is -0.793. The van der Waals surface area contributed by atoms with E-state index in [0.717, 1.165) is 5.56 Å². The molecule has 2 nitrogen and oxygen atoms in total. The van der Waals surface area contributed by atoms with Crippen LogP contribution in [0.3, 0.4) is 0 Å². The molecule has 2 unspecified atom stereocenters. The Morgan fingerprint density at radius 2 is 1.74 bits per heavy atom. The lowest BCUT2D eigenvalue weighted by atomic mass is 9.80. The molecule has 0 saturated carbocycles. The third-order valence-electron chi connectivity index (χ3n) is 3.82.